The number of hydrogen-bond acceptors (Lipinski definition) is 2. The number of carboxylic acids is 1. The van der Waals surface area contributed by atoms with Crippen LogP contribution in [0.3, 0.4) is 0 Å². The molecule has 2 aromatic rings. The summed E-state index contributed by atoms with van der Waals surface area (Å²) in [5, 5.41) is 12.0. The zero-order chi connectivity index (χ0) is 13.1. The molecular formula is C14H12FNO2. The summed E-state index contributed by atoms with van der Waals surface area (Å²) in [7, 11) is 0. The summed E-state index contributed by atoms with van der Waals surface area (Å²) in [6.45, 7) is 1.89. The molecule has 4 heteroatoms. The number of para-hydroxylation sites is 1. The van der Waals surface area contributed by atoms with E-state index in [0.717, 1.165) is 17.3 Å². The van der Waals surface area contributed by atoms with E-state index in [-0.39, 0.29) is 11.3 Å². The number of nitrogens with one attached hydrogen (secondary N) is 1. The van der Waals surface area contributed by atoms with E-state index in [1.165, 1.54) is 6.07 Å². The van der Waals surface area contributed by atoms with E-state index in [1.54, 1.807) is 6.07 Å². The zero-order valence-electron chi connectivity index (χ0n) is 9.77. The monoisotopic (exact) mass is 245 g/mol. The molecule has 0 aliphatic rings. The Morgan fingerprint density at radius 2 is 1.78 bits per heavy atom. The first kappa shape index (κ1) is 12.1. The fraction of sp³-hybridized carbons (Fsp3) is 0.0714. The van der Waals surface area contributed by atoms with Crippen LogP contribution in [0.25, 0.3) is 0 Å². The van der Waals surface area contributed by atoms with Gasteiger partial charge in [-0.05, 0) is 30.7 Å². The lowest BCUT2D eigenvalue weighted by atomic mass is 10.1. The van der Waals surface area contributed by atoms with Gasteiger partial charge in [0.25, 0.3) is 0 Å². The standard InChI is InChI=1S/C14H12FNO2/c1-9-5-2-3-7-11(9)16-12-8-4-6-10(15)13(12)14(17)18/h2-8,16H,1H3,(H,17,18). The van der Waals surface area contributed by atoms with Crippen LogP contribution < -0.4 is 5.32 Å². The lowest BCUT2D eigenvalue weighted by Gasteiger charge is -2.12. The Kier molecular flexibility index (Phi) is 3.28. The van der Waals surface area contributed by atoms with E-state index >= 15 is 0 Å². The van der Waals surface area contributed by atoms with Crippen LogP contribution in [0, 0.1) is 12.7 Å². The van der Waals surface area contributed by atoms with Crippen LogP contribution in [-0.4, -0.2) is 11.1 Å². The highest BCUT2D eigenvalue weighted by atomic mass is 19.1. The molecule has 0 aromatic heterocycles. The molecule has 0 fully saturated rings. The fourth-order valence-corrected chi connectivity index (χ4v) is 1.70. The summed E-state index contributed by atoms with van der Waals surface area (Å²) >= 11 is 0. The molecule has 92 valence electrons. The minimum atomic E-state index is -1.29. The molecule has 0 radical (unpaired) electrons. The van der Waals surface area contributed by atoms with Gasteiger partial charge < -0.3 is 10.4 Å². The Morgan fingerprint density at radius 1 is 1.11 bits per heavy atom. The maximum atomic E-state index is 13.5. The number of aryl methyl sites for hydroxylation is 1. The number of aromatic carboxylic acids is 1. The lowest BCUT2D eigenvalue weighted by molar-refractivity contribution is 0.0693. The number of carboxylic acid groups (broad SMARTS) is 1. The summed E-state index contributed by atoms with van der Waals surface area (Å²) in [4.78, 5) is 11.0. The van der Waals surface area contributed by atoms with Gasteiger partial charge >= 0.3 is 5.97 Å². The second-order valence-corrected chi connectivity index (χ2v) is 3.91. The molecule has 0 saturated heterocycles. The molecule has 0 amide bonds. The van der Waals surface area contributed by atoms with Gasteiger partial charge in [0.05, 0.1) is 5.69 Å². The van der Waals surface area contributed by atoms with Gasteiger partial charge in [-0.3, -0.25) is 0 Å². The molecule has 0 saturated carbocycles. The van der Waals surface area contributed by atoms with Gasteiger partial charge in [0.2, 0.25) is 0 Å². The predicted octanol–water partition coefficient (Wildman–Crippen LogP) is 3.58. The number of hydrogen-bond donors (Lipinski definition) is 2. The molecular weight excluding hydrogens is 233 g/mol. The normalized spacial score (nSPS) is 10.1. The molecule has 0 unspecified atom stereocenters. The first-order valence-electron chi connectivity index (χ1n) is 5.44. The van der Waals surface area contributed by atoms with Crippen molar-refractivity contribution < 1.29 is 14.3 Å². The minimum Gasteiger partial charge on any atom is -0.478 e. The van der Waals surface area contributed by atoms with E-state index in [1.807, 2.05) is 31.2 Å². The SMILES string of the molecule is Cc1ccccc1Nc1cccc(F)c1C(=O)O. The minimum absolute atomic E-state index is 0.247. The third-order valence-corrected chi connectivity index (χ3v) is 2.64. The molecule has 2 rings (SSSR count). The Balaban J connectivity index is 2.44. The lowest BCUT2D eigenvalue weighted by Crippen LogP contribution is -2.06. The first-order valence-corrected chi connectivity index (χ1v) is 5.44. The number of rotatable bonds is 3. The van der Waals surface area contributed by atoms with Gasteiger partial charge in [0, 0.05) is 5.69 Å². The zero-order valence-corrected chi connectivity index (χ0v) is 9.77. The average Bonchev–Trinajstić information content (AvgIpc) is 2.31. The quantitative estimate of drug-likeness (QED) is 0.869. The maximum Gasteiger partial charge on any atom is 0.340 e. The summed E-state index contributed by atoms with van der Waals surface area (Å²) in [5.74, 6) is -2.04. The van der Waals surface area contributed by atoms with E-state index in [4.69, 9.17) is 5.11 Å². The van der Waals surface area contributed by atoms with Crippen LogP contribution in [0.5, 0.6) is 0 Å². The van der Waals surface area contributed by atoms with Crippen molar-refractivity contribution in [1.29, 1.82) is 0 Å². The fourth-order valence-electron chi connectivity index (χ4n) is 1.70. The van der Waals surface area contributed by atoms with Crippen LogP contribution in [0.4, 0.5) is 15.8 Å². The summed E-state index contributed by atoms with van der Waals surface area (Å²) in [5.41, 5.74) is 1.61. The highest BCUT2D eigenvalue weighted by Gasteiger charge is 2.15. The molecule has 2 aromatic carbocycles. The van der Waals surface area contributed by atoms with Crippen molar-refractivity contribution in [3.8, 4) is 0 Å². The molecule has 2 N–H and O–H groups in total. The van der Waals surface area contributed by atoms with Gasteiger partial charge in [-0.1, -0.05) is 24.3 Å². The second-order valence-electron chi connectivity index (χ2n) is 3.91. The molecule has 0 atom stereocenters. The van der Waals surface area contributed by atoms with Gasteiger partial charge in [-0.2, -0.15) is 0 Å². The Labute approximate surface area is 104 Å². The number of benzene rings is 2. The third kappa shape index (κ3) is 2.32. The highest BCUT2D eigenvalue weighted by molar-refractivity contribution is 5.95. The van der Waals surface area contributed by atoms with Crippen molar-refractivity contribution in [3.63, 3.8) is 0 Å². The summed E-state index contributed by atoms with van der Waals surface area (Å²) in [6.07, 6.45) is 0. The number of anilines is 2. The van der Waals surface area contributed by atoms with E-state index < -0.39 is 11.8 Å². The predicted molar refractivity (Wildman–Crippen MR) is 67.8 cm³/mol. The van der Waals surface area contributed by atoms with Crippen molar-refractivity contribution in [2.24, 2.45) is 0 Å². The smallest absolute Gasteiger partial charge is 0.340 e. The van der Waals surface area contributed by atoms with E-state index in [0.29, 0.717) is 0 Å². The van der Waals surface area contributed by atoms with Gasteiger partial charge in [0.15, 0.2) is 0 Å². The van der Waals surface area contributed by atoms with E-state index in [9.17, 15) is 9.18 Å². The molecule has 18 heavy (non-hydrogen) atoms. The largest absolute Gasteiger partial charge is 0.478 e. The summed E-state index contributed by atoms with van der Waals surface area (Å²) < 4.78 is 13.5. The summed E-state index contributed by atoms with van der Waals surface area (Å²) in [6, 6.07) is 11.6. The van der Waals surface area contributed by atoms with Crippen LogP contribution in [0.1, 0.15) is 15.9 Å². The molecule has 0 heterocycles. The number of carbonyl (C=O) groups is 1. The third-order valence-electron chi connectivity index (χ3n) is 2.64. The molecule has 0 aliphatic carbocycles. The van der Waals surface area contributed by atoms with Crippen molar-refractivity contribution in [1.82, 2.24) is 0 Å². The average molecular weight is 245 g/mol. The van der Waals surface area contributed by atoms with Crippen molar-refractivity contribution >= 4 is 17.3 Å². The Bertz CT molecular complexity index is 596. The van der Waals surface area contributed by atoms with Crippen LogP contribution in [-0.2, 0) is 0 Å². The van der Waals surface area contributed by atoms with Gasteiger partial charge in [-0.25, -0.2) is 9.18 Å². The van der Waals surface area contributed by atoms with Crippen molar-refractivity contribution in [3.05, 3.63) is 59.4 Å². The molecule has 0 spiro atoms. The molecule has 0 aliphatic heterocycles. The van der Waals surface area contributed by atoms with Gasteiger partial charge in [0.1, 0.15) is 11.4 Å². The Hall–Kier alpha value is -2.36. The van der Waals surface area contributed by atoms with Crippen LogP contribution >= 0.6 is 0 Å². The van der Waals surface area contributed by atoms with E-state index in [2.05, 4.69) is 5.32 Å². The van der Waals surface area contributed by atoms with Crippen LogP contribution in [0.2, 0.25) is 0 Å². The topological polar surface area (TPSA) is 49.3 Å². The molecule has 3 nitrogen and oxygen atoms in total. The molecule has 0 bridgehead atoms. The highest BCUT2D eigenvalue weighted by Crippen LogP contribution is 2.25. The van der Waals surface area contributed by atoms with Crippen molar-refractivity contribution in [2.75, 3.05) is 5.32 Å². The Morgan fingerprint density at radius 3 is 2.44 bits per heavy atom. The number of halogens is 1. The van der Waals surface area contributed by atoms with Crippen LogP contribution in [0.15, 0.2) is 42.5 Å². The first-order chi connectivity index (χ1) is 8.59. The second kappa shape index (κ2) is 4.87. The van der Waals surface area contributed by atoms with Crippen molar-refractivity contribution in [2.45, 2.75) is 6.92 Å². The maximum absolute atomic E-state index is 13.5. The van der Waals surface area contributed by atoms with Gasteiger partial charge in [-0.15, -0.1) is 0 Å².